The average molecular weight is 467 g/mol. The van der Waals surface area contributed by atoms with Crippen LogP contribution in [0.4, 0.5) is 4.39 Å². The summed E-state index contributed by atoms with van der Waals surface area (Å²) in [6.07, 6.45) is -2.41. The van der Waals surface area contributed by atoms with Crippen LogP contribution < -0.4 is 0 Å². The number of alkyl halides is 2. The molecule has 3 rings (SSSR count). The van der Waals surface area contributed by atoms with Crippen molar-refractivity contribution in [1.82, 2.24) is 0 Å². The molecule has 1 saturated heterocycles. The van der Waals surface area contributed by atoms with Gasteiger partial charge in [-0.3, -0.25) is 0 Å². The molecule has 0 bridgehead atoms. The number of rotatable bonds is 5. The fourth-order valence-corrected chi connectivity index (χ4v) is 5.04. The molecular formula is C21H20BrFO4S. The Morgan fingerprint density at radius 3 is 2.00 bits per heavy atom. The molecule has 1 unspecified atom stereocenters. The molecule has 0 aliphatic carbocycles. The van der Waals surface area contributed by atoms with E-state index in [-0.39, 0.29) is 6.61 Å². The van der Waals surface area contributed by atoms with E-state index in [9.17, 15) is 14.0 Å². The van der Waals surface area contributed by atoms with E-state index in [1.807, 2.05) is 26.0 Å². The molecule has 0 amide bonds. The first kappa shape index (κ1) is 20.9. The van der Waals surface area contributed by atoms with E-state index in [1.54, 1.807) is 36.4 Å². The smallest absolute Gasteiger partial charge is 0.338 e. The summed E-state index contributed by atoms with van der Waals surface area (Å²) >= 11 is 4.50. The zero-order valence-electron chi connectivity index (χ0n) is 15.4. The van der Waals surface area contributed by atoms with Gasteiger partial charge >= 0.3 is 11.9 Å². The highest BCUT2D eigenvalue weighted by atomic mass is 79.9. The molecule has 7 heteroatoms. The van der Waals surface area contributed by atoms with Crippen LogP contribution in [0.2, 0.25) is 0 Å². The first-order chi connectivity index (χ1) is 13.3. The number of thioether (sulfide) groups is 1. The lowest BCUT2D eigenvalue weighted by molar-refractivity contribution is 0.00404. The molecule has 4 atom stereocenters. The van der Waals surface area contributed by atoms with E-state index in [0.29, 0.717) is 11.1 Å². The van der Waals surface area contributed by atoms with Gasteiger partial charge in [0.05, 0.1) is 20.5 Å². The maximum Gasteiger partial charge on any atom is 0.338 e. The Morgan fingerprint density at radius 2 is 1.46 bits per heavy atom. The molecule has 1 aliphatic rings. The number of halogens is 2. The van der Waals surface area contributed by atoms with Crippen molar-refractivity contribution >= 4 is 39.6 Å². The number of esters is 2. The highest BCUT2D eigenvalue weighted by Gasteiger charge is 2.46. The van der Waals surface area contributed by atoms with Crippen molar-refractivity contribution in [3.8, 4) is 0 Å². The lowest BCUT2D eigenvalue weighted by atomic mass is 10.1. The summed E-state index contributed by atoms with van der Waals surface area (Å²) in [6.45, 7) is 3.79. The van der Waals surface area contributed by atoms with Crippen LogP contribution in [0.1, 0.15) is 31.8 Å². The third kappa shape index (κ3) is 4.94. The Kier molecular flexibility index (Phi) is 6.78. The molecule has 148 valence electrons. The van der Waals surface area contributed by atoms with E-state index in [0.717, 1.165) is 11.1 Å². The average Bonchev–Trinajstić information content (AvgIpc) is 2.95. The Bertz CT molecular complexity index is 840. The van der Waals surface area contributed by atoms with Crippen LogP contribution >= 0.6 is 27.7 Å². The number of ether oxygens (including phenoxy) is 2. The fraction of sp³-hybridized carbons (Fsp3) is 0.333. The Hall–Kier alpha value is -1.86. The van der Waals surface area contributed by atoms with Gasteiger partial charge in [-0.2, -0.15) is 0 Å². The standard InChI is InChI=1S/C21H20BrFO4S/c1-12-3-7-14(8-4-12)20(24)26-11-16-18(17(23)19(22)28-16)27-21(25)15-9-5-13(2)6-10-15/h3-10,16-19H,11H2,1-2H3/t16?,17-,18+,19-/m0/s1. The largest absolute Gasteiger partial charge is 0.461 e. The van der Waals surface area contributed by atoms with E-state index in [2.05, 4.69) is 15.9 Å². The van der Waals surface area contributed by atoms with Crippen molar-refractivity contribution in [2.24, 2.45) is 0 Å². The second-order valence-electron chi connectivity index (χ2n) is 6.67. The zero-order chi connectivity index (χ0) is 20.3. The highest BCUT2D eigenvalue weighted by Crippen LogP contribution is 2.41. The van der Waals surface area contributed by atoms with E-state index < -0.39 is 33.6 Å². The molecule has 1 fully saturated rings. The van der Waals surface area contributed by atoms with Gasteiger partial charge in [0.25, 0.3) is 0 Å². The van der Waals surface area contributed by atoms with Crippen molar-refractivity contribution in [1.29, 1.82) is 0 Å². The second-order valence-corrected chi connectivity index (χ2v) is 9.65. The molecular weight excluding hydrogens is 447 g/mol. The third-order valence-corrected chi connectivity index (χ3v) is 6.86. The van der Waals surface area contributed by atoms with Gasteiger partial charge in [-0.05, 0) is 38.1 Å². The fourth-order valence-electron chi connectivity index (χ4n) is 2.76. The third-order valence-electron chi connectivity index (χ3n) is 4.43. The summed E-state index contributed by atoms with van der Waals surface area (Å²) in [6, 6.07) is 13.9. The van der Waals surface area contributed by atoms with Gasteiger partial charge in [0.15, 0.2) is 12.3 Å². The van der Waals surface area contributed by atoms with Gasteiger partial charge in [-0.1, -0.05) is 51.3 Å². The maximum absolute atomic E-state index is 14.6. The molecule has 2 aromatic rings. The Morgan fingerprint density at radius 1 is 0.964 bits per heavy atom. The highest BCUT2D eigenvalue weighted by molar-refractivity contribution is 9.11. The summed E-state index contributed by atoms with van der Waals surface area (Å²) in [5.41, 5.74) is 2.83. The first-order valence-corrected chi connectivity index (χ1v) is 10.7. The van der Waals surface area contributed by atoms with E-state index in [4.69, 9.17) is 9.47 Å². The molecule has 0 spiro atoms. The minimum absolute atomic E-state index is 0.0499. The lowest BCUT2D eigenvalue weighted by Gasteiger charge is -2.20. The van der Waals surface area contributed by atoms with Gasteiger partial charge in [0.1, 0.15) is 6.61 Å². The molecule has 1 aliphatic heterocycles. The topological polar surface area (TPSA) is 52.6 Å². The van der Waals surface area contributed by atoms with Crippen molar-refractivity contribution < 1.29 is 23.5 Å². The maximum atomic E-state index is 14.6. The van der Waals surface area contributed by atoms with Crippen LogP contribution in [0.25, 0.3) is 0 Å². The lowest BCUT2D eigenvalue weighted by Crippen LogP contribution is -2.36. The Labute approximate surface area is 175 Å². The van der Waals surface area contributed by atoms with Crippen LogP contribution in [0.15, 0.2) is 48.5 Å². The number of benzene rings is 2. The Balaban J connectivity index is 1.63. The van der Waals surface area contributed by atoms with Crippen LogP contribution in [0.5, 0.6) is 0 Å². The number of carbonyl (C=O) groups excluding carboxylic acids is 2. The van der Waals surface area contributed by atoms with Gasteiger partial charge in [0, 0.05) is 0 Å². The molecule has 1 heterocycles. The molecule has 0 radical (unpaired) electrons. The monoisotopic (exact) mass is 466 g/mol. The van der Waals surface area contributed by atoms with E-state index in [1.165, 1.54) is 11.8 Å². The van der Waals surface area contributed by atoms with Crippen LogP contribution in [0, 0.1) is 13.8 Å². The van der Waals surface area contributed by atoms with Gasteiger partial charge in [-0.25, -0.2) is 14.0 Å². The number of carbonyl (C=O) groups is 2. The van der Waals surface area contributed by atoms with Crippen LogP contribution in [-0.4, -0.2) is 40.2 Å². The predicted molar refractivity (Wildman–Crippen MR) is 111 cm³/mol. The summed E-state index contributed by atoms with van der Waals surface area (Å²) in [5.74, 6) is -1.08. The quantitative estimate of drug-likeness (QED) is 0.465. The summed E-state index contributed by atoms with van der Waals surface area (Å²) in [5, 5.41) is -0.497. The number of hydrogen-bond acceptors (Lipinski definition) is 5. The van der Waals surface area contributed by atoms with Gasteiger partial charge in [0.2, 0.25) is 0 Å². The SMILES string of the molecule is Cc1ccc(C(=O)OCC2S[C@H](Br)[C@@H](F)[C@@H]2OC(=O)c2ccc(C)cc2)cc1. The van der Waals surface area contributed by atoms with Gasteiger partial charge < -0.3 is 9.47 Å². The molecule has 0 aromatic heterocycles. The van der Waals surface area contributed by atoms with Crippen LogP contribution in [0.3, 0.4) is 0 Å². The molecule has 4 nitrogen and oxygen atoms in total. The number of hydrogen-bond donors (Lipinski definition) is 0. The number of aryl methyl sites for hydroxylation is 2. The first-order valence-electron chi connectivity index (χ1n) is 8.80. The van der Waals surface area contributed by atoms with Crippen molar-refractivity contribution in [3.63, 3.8) is 0 Å². The zero-order valence-corrected chi connectivity index (χ0v) is 17.8. The van der Waals surface area contributed by atoms with Crippen molar-refractivity contribution in [2.45, 2.75) is 35.5 Å². The van der Waals surface area contributed by atoms with Crippen molar-refractivity contribution in [3.05, 3.63) is 70.8 Å². The van der Waals surface area contributed by atoms with E-state index >= 15 is 0 Å². The molecule has 2 aromatic carbocycles. The molecule has 0 saturated carbocycles. The molecule has 0 N–H and O–H groups in total. The van der Waals surface area contributed by atoms with Crippen molar-refractivity contribution in [2.75, 3.05) is 6.61 Å². The predicted octanol–water partition coefficient (Wildman–Crippen LogP) is 4.86. The van der Waals surface area contributed by atoms with Gasteiger partial charge in [-0.15, -0.1) is 11.8 Å². The minimum Gasteiger partial charge on any atom is -0.461 e. The minimum atomic E-state index is -1.40. The summed E-state index contributed by atoms with van der Waals surface area (Å²) < 4.78 is 24.8. The summed E-state index contributed by atoms with van der Waals surface area (Å²) in [7, 11) is 0. The van der Waals surface area contributed by atoms with Crippen LogP contribution in [-0.2, 0) is 9.47 Å². The summed E-state index contributed by atoms with van der Waals surface area (Å²) in [4.78, 5) is 24.6. The normalized spacial score (nSPS) is 24.0. The second kappa shape index (κ2) is 9.09. The molecule has 28 heavy (non-hydrogen) atoms.